The molecule has 0 spiro atoms. The normalized spacial score (nSPS) is 9.83. The predicted octanol–water partition coefficient (Wildman–Crippen LogP) is 4.13. The molecular formula is C15H13ClN2. The summed E-state index contributed by atoms with van der Waals surface area (Å²) >= 11 is 5.94. The Morgan fingerprint density at radius 2 is 2.00 bits per heavy atom. The second kappa shape index (κ2) is 5.57. The zero-order valence-electron chi connectivity index (χ0n) is 10.1. The monoisotopic (exact) mass is 256 g/mol. The van der Waals surface area contributed by atoms with Crippen LogP contribution in [0.5, 0.6) is 0 Å². The van der Waals surface area contributed by atoms with Crippen LogP contribution in [0.2, 0.25) is 5.02 Å². The van der Waals surface area contributed by atoms with Crippen molar-refractivity contribution in [1.82, 2.24) is 0 Å². The molecule has 18 heavy (non-hydrogen) atoms. The van der Waals surface area contributed by atoms with Gasteiger partial charge < -0.3 is 5.32 Å². The van der Waals surface area contributed by atoms with E-state index < -0.39 is 0 Å². The molecule has 0 saturated heterocycles. The Bertz CT molecular complexity index is 600. The van der Waals surface area contributed by atoms with Gasteiger partial charge in [-0.05, 0) is 36.2 Å². The number of hydrogen-bond acceptors (Lipinski definition) is 2. The molecule has 3 heteroatoms. The summed E-state index contributed by atoms with van der Waals surface area (Å²) in [5, 5.41) is 13.1. The first-order chi connectivity index (χ1) is 8.70. The van der Waals surface area contributed by atoms with Crippen LogP contribution >= 0.6 is 11.6 Å². The molecule has 0 heterocycles. The summed E-state index contributed by atoms with van der Waals surface area (Å²) in [6, 6.07) is 15.6. The lowest BCUT2D eigenvalue weighted by Crippen LogP contribution is -2.03. The van der Waals surface area contributed by atoms with E-state index in [9.17, 15) is 0 Å². The van der Waals surface area contributed by atoms with E-state index in [1.54, 1.807) is 0 Å². The van der Waals surface area contributed by atoms with Crippen molar-refractivity contribution in [1.29, 1.82) is 5.26 Å². The van der Waals surface area contributed by atoms with Crippen molar-refractivity contribution >= 4 is 17.3 Å². The maximum atomic E-state index is 9.07. The van der Waals surface area contributed by atoms with E-state index in [4.69, 9.17) is 16.9 Å². The molecule has 0 unspecified atom stereocenters. The molecule has 0 aromatic heterocycles. The summed E-state index contributed by atoms with van der Waals surface area (Å²) in [5.41, 5.74) is 3.71. The molecule has 1 N–H and O–H groups in total. The minimum Gasteiger partial charge on any atom is -0.380 e. The van der Waals surface area contributed by atoms with Crippen LogP contribution in [0.4, 0.5) is 5.69 Å². The first-order valence-corrected chi connectivity index (χ1v) is 6.06. The third kappa shape index (κ3) is 2.82. The van der Waals surface area contributed by atoms with Gasteiger partial charge in [0.25, 0.3) is 0 Å². The quantitative estimate of drug-likeness (QED) is 0.896. The molecule has 0 aliphatic carbocycles. The highest BCUT2D eigenvalue weighted by Gasteiger charge is 2.04. The van der Waals surface area contributed by atoms with Gasteiger partial charge in [-0.2, -0.15) is 5.26 Å². The van der Waals surface area contributed by atoms with Gasteiger partial charge in [0.15, 0.2) is 0 Å². The van der Waals surface area contributed by atoms with E-state index in [1.165, 1.54) is 0 Å². The molecule has 0 radical (unpaired) electrons. The minimum atomic E-state index is 0.653. The summed E-state index contributed by atoms with van der Waals surface area (Å²) < 4.78 is 0. The Balaban J connectivity index is 2.18. The molecular weight excluding hydrogens is 244 g/mol. The van der Waals surface area contributed by atoms with Gasteiger partial charge in [0.2, 0.25) is 0 Å². The standard InChI is InChI=1S/C15H13ClN2/c1-11-4-2-6-13(9-17)15(11)18-10-12-5-3-7-14(16)8-12/h2-8,18H,10H2,1H3. The Morgan fingerprint density at radius 1 is 1.22 bits per heavy atom. The zero-order chi connectivity index (χ0) is 13.0. The third-order valence-corrected chi connectivity index (χ3v) is 2.99. The number of para-hydroxylation sites is 1. The highest BCUT2D eigenvalue weighted by Crippen LogP contribution is 2.21. The lowest BCUT2D eigenvalue weighted by atomic mass is 10.1. The van der Waals surface area contributed by atoms with Crippen molar-refractivity contribution in [2.75, 3.05) is 5.32 Å². The van der Waals surface area contributed by atoms with Crippen LogP contribution < -0.4 is 5.32 Å². The maximum Gasteiger partial charge on any atom is 0.101 e. The highest BCUT2D eigenvalue weighted by molar-refractivity contribution is 6.30. The molecule has 2 rings (SSSR count). The van der Waals surface area contributed by atoms with Crippen molar-refractivity contribution in [2.24, 2.45) is 0 Å². The fourth-order valence-corrected chi connectivity index (χ4v) is 2.05. The topological polar surface area (TPSA) is 35.8 Å². The van der Waals surface area contributed by atoms with E-state index in [0.717, 1.165) is 21.8 Å². The summed E-state index contributed by atoms with van der Waals surface area (Å²) in [6.45, 7) is 2.64. The van der Waals surface area contributed by atoms with Crippen molar-refractivity contribution in [3.8, 4) is 6.07 Å². The number of rotatable bonds is 3. The summed E-state index contributed by atoms with van der Waals surface area (Å²) in [6.07, 6.45) is 0. The second-order valence-electron chi connectivity index (χ2n) is 4.09. The Hall–Kier alpha value is -1.98. The number of hydrogen-bond donors (Lipinski definition) is 1. The van der Waals surface area contributed by atoms with Gasteiger partial charge in [0.1, 0.15) is 6.07 Å². The van der Waals surface area contributed by atoms with Gasteiger partial charge in [-0.15, -0.1) is 0 Å². The van der Waals surface area contributed by atoms with E-state index in [1.807, 2.05) is 49.4 Å². The van der Waals surface area contributed by atoms with E-state index in [0.29, 0.717) is 12.1 Å². The zero-order valence-corrected chi connectivity index (χ0v) is 10.8. The summed E-state index contributed by atoms with van der Waals surface area (Å²) in [5.74, 6) is 0. The lowest BCUT2D eigenvalue weighted by molar-refractivity contribution is 1.14. The van der Waals surface area contributed by atoms with Crippen molar-refractivity contribution in [2.45, 2.75) is 13.5 Å². The van der Waals surface area contributed by atoms with Gasteiger partial charge in [0, 0.05) is 11.6 Å². The number of nitriles is 1. The Labute approximate surface area is 112 Å². The molecule has 0 saturated carbocycles. The molecule has 0 amide bonds. The number of benzene rings is 2. The van der Waals surface area contributed by atoms with Crippen LogP contribution in [0.25, 0.3) is 0 Å². The Morgan fingerprint density at radius 3 is 2.72 bits per heavy atom. The summed E-state index contributed by atoms with van der Waals surface area (Å²) in [4.78, 5) is 0. The van der Waals surface area contributed by atoms with Gasteiger partial charge in [0.05, 0.1) is 11.3 Å². The van der Waals surface area contributed by atoms with Gasteiger partial charge in [-0.25, -0.2) is 0 Å². The minimum absolute atomic E-state index is 0.653. The molecule has 0 atom stereocenters. The second-order valence-corrected chi connectivity index (χ2v) is 4.53. The lowest BCUT2D eigenvalue weighted by Gasteiger charge is -2.11. The SMILES string of the molecule is Cc1cccc(C#N)c1NCc1cccc(Cl)c1. The number of nitrogens with zero attached hydrogens (tertiary/aromatic N) is 1. The molecule has 2 nitrogen and oxygen atoms in total. The fourth-order valence-electron chi connectivity index (χ4n) is 1.83. The van der Waals surface area contributed by atoms with Crippen LogP contribution in [0.15, 0.2) is 42.5 Å². The van der Waals surface area contributed by atoms with Crippen LogP contribution in [0.3, 0.4) is 0 Å². The molecule has 90 valence electrons. The fraction of sp³-hybridized carbons (Fsp3) is 0.133. The van der Waals surface area contributed by atoms with E-state index >= 15 is 0 Å². The molecule has 0 aliphatic rings. The van der Waals surface area contributed by atoms with E-state index in [2.05, 4.69) is 11.4 Å². The average molecular weight is 257 g/mol. The Kier molecular flexibility index (Phi) is 3.86. The predicted molar refractivity (Wildman–Crippen MR) is 74.7 cm³/mol. The van der Waals surface area contributed by atoms with Crippen LogP contribution in [-0.2, 0) is 6.54 Å². The first kappa shape index (κ1) is 12.5. The van der Waals surface area contributed by atoms with Crippen LogP contribution in [0.1, 0.15) is 16.7 Å². The molecule has 2 aromatic rings. The highest BCUT2D eigenvalue weighted by atomic mass is 35.5. The third-order valence-electron chi connectivity index (χ3n) is 2.75. The smallest absolute Gasteiger partial charge is 0.101 e. The molecule has 2 aromatic carbocycles. The molecule has 0 aliphatic heterocycles. The van der Waals surface area contributed by atoms with Gasteiger partial charge >= 0.3 is 0 Å². The van der Waals surface area contributed by atoms with Crippen molar-refractivity contribution < 1.29 is 0 Å². The number of halogens is 1. The average Bonchev–Trinajstić information content (AvgIpc) is 2.37. The van der Waals surface area contributed by atoms with Crippen LogP contribution in [-0.4, -0.2) is 0 Å². The molecule has 0 fully saturated rings. The number of anilines is 1. The largest absolute Gasteiger partial charge is 0.380 e. The van der Waals surface area contributed by atoms with Crippen molar-refractivity contribution in [3.05, 3.63) is 64.2 Å². The van der Waals surface area contributed by atoms with E-state index in [-0.39, 0.29) is 0 Å². The van der Waals surface area contributed by atoms with Gasteiger partial charge in [-0.3, -0.25) is 0 Å². The van der Waals surface area contributed by atoms with Crippen molar-refractivity contribution in [3.63, 3.8) is 0 Å². The molecule has 0 bridgehead atoms. The maximum absolute atomic E-state index is 9.07. The number of aryl methyl sites for hydroxylation is 1. The summed E-state index contributed by atoms with van der Waals surface area (Å²) in [7, 11) is 0. The van der Waals surface area contributed by atoms with Gasteiger partial charge in [-0.1, -0.05) is 35.9 Å². The first-order valence-electron chi connectivity index (χ1n) is 5.69. The van der Waals surface area contributed by atoms with Crippen LogP contribution in [0, 0.1) is 18.3 Å². The number of nitrogens with one attached hydrogen (secondary N) is 1.